The van der Waals surface area contributed by atoms with Crippen LogP contribution in [0.5, 0.6) is 5.75 Å². The largest absolute Gasteiger partial charge is 0.492 e. The molecular weight excluding hydrogens is 507 g/mol. The van der Waals surface area contributed by atoms with Gasteiger partial charge in [0.15, 0.2) is 5.65 Å². The first-order valence-electron chi connectivity index (χ1n) is 12.8. The second-order valence-electron chi connectivity index (χ2n) is 9.90. The number of carbonyl (C=O) groups is 1. The lowest BCUT2D eigenvalue weighted by atomic mass is 10.1. The van der Waals surface area contributed by atoms with Gasteiger partial charge in [-0.3, -0.25) is 9.78 Å². The molecule has 0 unspecified atom stereocenters. The lowest BCUT2D eigenvalue weighted by Crippen LogP contribution is -2.26. The number of hydrogen-bond acceptors (Lipinski definition) is 6. The van der Waals surface area contributed by atoms with Crippen molar-refractivity contribution in [1.29, 1.82) is 0 Å². The number of hydrogen-bond donors (Lipinski definition) is 0. The van der Waals surface area contributed by atoms with Crippen molar-refractivity contribution in [3.05, 3.63) is 81.3 Å². The van der Waals surface area contributed by atoms with E-state index in [1.807, 2.05) is 26.2 Å². The van der Waals surface area contributed by atoms with Crippen molar-refractivity contribution in [3.8, 4) is 5.75 Å². The van der Waals surface area contributed by atoms with Crippen LogP contribution < -0.4 is 9.64 Å². The van der Waals surface area contributed by atoms with E-state index in [2.05, 4.69) is 26.0 Å². The minimum absolute atomic E-state index is 0.231. The monoisotopic (exact) mass is 534 g/mol. The first-order chi connectivity index (χ1) is 18.4. The maximum absolute atomic E-state index is 14.2. The Labute approximate surface area is 225 Å². The van der Waals surface area contributed by atoms with Crippen LogP contribution >= 0.6 is 11.6 Å². The van der Waals surface area contributed by atoms with E-state index < -0.39 is 5.82 Å². The van der Waals surface area contributed by atoms with Crippen molar-refractivity contribution in [2.45, 2.75) is 46.2 Å². The van der Waals surface area contributed by atoms with Crippen LogP contribution in [-0.4, -0.2) is 50.1 Å². The van der Waals surface area contributed by atoms with Crippen LogP contribution in [0.4, 0.5) is 10.1 Å². The minimum atomic E-state index is -0.455. The fraction of sp³-hybridized carbons (Fsp3) is 0.357. The van der Waals surface area contributed by atoms with Gasteiger partial charge >= 0.3 is 0 Å². The number of aromatic nitrogens is 4. The Morgan fingerprint density at radius 2 is 1.95 bits per heavy atom. The van der Waals surface area contributed by atoms with Crippen molar-refractivity contribution in [3.63, 3.8) is 0 Å². The number of amides is 1. The SMILES string of the molecule is Cc1nc2c3c(nn2c(C)c1Cl)CN(C(=O)c1ccc(F)cc1OCCc1cncc(N2CCCC2)c1)C3. The number of aryl methyl sites for hydroxylation is 2. The Bertz CT molecular complexity index is 1550. The molecule has 2 aliphatic rings. The summed E-state index contributed by atoms with van der Waals surface area (Å²) in [6, 6.07) is 6.17. The summed E-state index contributed by atoms with van der Waals surface area (Å²) in [6.07, 6.45) is 6.70. The highest BCUT2D eigenvalue weighted by molar-refractivity contribution is 6.31. The standard InChI is InChI=1S/C28H28ClFN6O2/c1-17-26(29)18(2)36-27(32-17)23-15-35(16-24(23)33-36)28(37)22-6-5-20(30)12-25(22)38-10-7-19-11-21(14-31-13-19)34-8-3-4-9-34/h5-6,11-14H,3-4,7-10,15-16H2,1-2H3. The Morgan fingerprint density at radius 1 is 1.13 bits per heavy atom. The van der Waals surface area contributed by atoms with Gasteiger partial charge in [0.2, 0.25) is 0 Å². The quantitative estimate of drug-likeness (QED) is 0.350. The number of carbonyl (C=O) groups excluding carboxylic acids is 1. The zero-order valence-corrected chi connectivity index (χ0v) is 22.1. The van der Waals surface area contributed by atoms with Gasteiger partial charge in [-0.05, 0) is 50.5 Å². The molecule has 10 heteroatoms. The molecule has 6 rings (SSSR count). The van der Waals surface area contributed by atoms with Gasteiger partial charge in [-0.15, -0.1) is 0 Å². The van der Waals surface area contributed by atoms with Crippen molar-refractivity contribution >= 4 is 28.8 Å². The molecule has 2 aliphatic heterocycles. The fourth-order valence-corrected chi connectivity index (χ4v) is 5.38. The Hall–Kier alpha value is -3.72. The van der Waals surface area contributed by atoms with Crippen LogP contribution in [0.25, 0.3) is 5.65 Å². The van der Waals surface area contributed by atoms with E-state index in [1.165, 1.54) is 31.0 Å². The molecule has 38 heavy (non-hydrogen) atoms. The summed E-state index contributed by atoms with van der Waals surface area (Å²) in [5, 5.41) is 5.23. The Kier molecular flexibility index (Phi) is 6.39. The number of rotatable bonds is 6. The molecule has 8 nitrogen and oxygen atoms in total. The summed E-state index contributed by atoms with van der Waals surface area (Å²) in [4.78, 5) is 26.5. The number of pyridine rings is 1. The van der Waals surface area contributed by atoms with E-state index in [-0.39, 0.29) is 11.7 Å². The normalized spacial score (nSPS) is 14.9. The second-order valence-corrected chi connectivity index (χ2v) is 10.3. The topological polar surface area (TPSA) is 75.9 Å². The molecule has 1 saturated heterocycles. The molecule has 5 heterocycles. The highest BCUT2D eigenvalue weighted by atomic mass is 35.5. The Morgan fingerprint density at radius 3 is 2.76 bits per heavy atom. The van der Waals surface area contributed by atoms with Crippen LogP contribution in [0.15, 0.2) is 36.7 Å². The average molecular weight is 535 g/mol. The first kappa shape index (κ1) is 24.6. The lowest BCUT2D eigenvalue weighted by molar-refractivity contribution is 0.0745. The molecule has 0 radical (unpaired) electrons. The summed E-state index contributed by atoms with van der Waals surface area (Å²) in [7, 11) is 0. The van der Waals surface area contributed by atoms with Crippen LogP contribution in [0, 0.1) is 19.7 Å². The predicted molar refractivity (Wildman–Crippen MR) is 142 cm³/mol. The van der Waals surface area contributed by atoms with Gasteiger partial charge < -0.3 is 14.5 Å². The van der Waals surface area contributed by atoms with Gasteiger partial charge in [0, 0.05) is 37.3 Å². The van der Waals surface area contributed by atoms with Crippen molar-refractivity contribution < 1.29 is 13.9 Å². The van der Waals surface area contributed by atoms with Crippen LogP contribution in [0.3, 0.4) is 0 Å². The summed E-state index contributed by atoms with van der Waals surface area (Å²) < 4.78 is 21.9. The fourth-order valence-electron chi connectivity index (χ4n) is 5.26. The van der Waals surface area contributed by atoms with E-state index in [4.69, 9.17) is 16.3 Å². The third-order valence-electron chi connectivity index (χ3n) is 7.32. The van der Waals surface area contributed by atoms with Crippen molar-refractivity contribution in [2.75, 3.05) is 24.6 Å². The highest BCUT2D eigenvalue weighted by Crippen LogP contribution is 2.31. The molecule has 3 aromatic heterocycles. The number of nitrogens with zero attached hydrogens (tertiary/aromatic N) is 6. The van der Waals surface area contributed by atoms with Gasteiger partial charge in [-0.2, -0.15) is 5.10 Å². The molecule has 1 aromatic carbocycles. The smallest absolute Gasteiger partial charge is 0.258 e. The first-order valence-corrected chi connectivity index (χ1v) is 13.2. The van der Waals surface area contributed by atoms with Crippen LogP contribution in [0.2, 0.25) is 5.02 Å². The summed E-state index contributed by atoms with van der Waals surface area (Å²) >= 11 is 6.35. The molecule has 196 valence electrons. The molecule has 0 saturated carbocycles. The average Bonchev–Trinajstić information content (AvgIpc) is 3.65. The van der Waals surface area contributed by atoms with E-state index >= 15 is 0 Å². The number of ether oxygens (including phenoxy) is 1. The third-order valence-corrected chi connectivity index (χ3v) is 7.86. The zero-order chi connectivity index (χ0) is 26.4. The molecule has 0 N–H and O–H groups in total. The lowest BCUT2D eigenvalue weighted by Gasteiger charge is -2.19. The predicted octanol–water partition coefficient (Wildman–Crippen LogP) is 4.91. The molecule has 4 aromatic rings. The maximum Gasteiger partial charge on any atom is 0.258 e. The van der Waals surface area contributed by atoms with E-state index in [9.17, 15) is 9.18 Å². The third kappa shape index (κ3) is 4.45. The minimum Gasteiger partial charge on any atom is -0.492 e. The van der Waals surface area contributed by atoms with E-state index in [0.717, 1.165) is 47.0 Å². The molecule has 1 amide bonds. The second kappa shape index (κ2) is 9.87. The number of anilines is 1. The molecule has 1 fully saturated rings. The van der Waals surface area contributed by atoms with Crippen molar-refractivity contribution in [1.82, 2.24) is 24.5 Å². The van der Waals surface area contributed by atoms with Crippen LogP contribution in [-0.2, 0) is 19.5 Å². The number of benzene rings is 1. The summed E-state index contributed by atoms with van der Waals surface area (Å²) in [6.45, 7) is 6.84. The molecule has 0 spiro atoms. The maximum atomic E-state index is 14.2. The van der Waals surface area contributed by atoms with Gasteiger partial charge in [-0.25, -0.2) is 13.9 Å². The number of halogens is 2. The molecule has 0 atom stereocenters. The van der Waals surface area contributed by atoms with Gasteiger partial charge in [0.05, 0.1) is 59.2 Å². The van der Waals surface area contributed by atoms with Crippen molar-refractivity contribution in [2.24, 2.45) is 0 Å². The highest BCUT2D eigenvalue weighted by Gasteiger charge is 2.31. The van der Waals surface area contributed by atoms with Gasteiger partial charge in [0.1, 0.15) is 11.6 Å². The van der Waals surface area contributed by atoms with Gasteiger partial charge in [-0.1, -0.05) is 11.6 Å². The van der Waals surface area contributed by atoms with Gasteiger partial charge in [0.25, 0.3) is 5.91 Å². The zero-order valence-electron chi connectivity index (χ0n) is 21.4. The molecule has 0 aliphatic carbocycles. The van der Waals surface area contributed by atoms with Crippen LogP contribution in [0.1, 0.15) is 51.4 Å². The molecule has 0 bridgehead atoms. The summed E-state index contributed by atoms with van der Waals surface area (Å²) in [5.74, 6) is -0.464. The Balaban J connectivity index is 1.17. The van der Waals surface area contributed by atoms with E-state index in [1.54, 1.807) is 9.42 Å². The van der Waals surface area contributed by atoms with E-state index in [0.29, 0.717) is 42.4 Å². The number of fused-ring (bicyclic) bond motifs is 3. The molecular formula is C28H28ClFN6O2. The summed E-state index contributed by atoms with van der Waals surface area (Å²) in [5.41, 5.74) is 6.40.